The van der Waals surface area contributed by atoms with Gasteiger partial charge in [-0.15, -0.1) is 0 Å². The van der Waals surface area contributed by atoms with Crippen LogP contribution in [-0.4, -0.2) is 50.3 Å². The number of aryl methyl sites for hydroxylation is 2. The molecule has 1 aliphatic heterocycles. The zero-order valence-electron chi connectivity index (χ0n) is 15.3. The molecule has 0 N–H and O–H groups in total. The van der Waals surface area contributed by atoms with Crippen molar-refractivity contribution in [2.45, 2.75) is 26.9 Å². The van der Waals surface area contributed by atoms with Crippen LogP contribution in [0.15, 0.2) is 20.2 Å². The van der Waals surface area contributed by atoms with Crippen molar-refractivity contribution in [1.29, 1.82) is 0 Å². The van der Waals surface area contributed by atoms with Crippen molar-refractivity contribution in [1.82, 2.24) is 24.1 Å². The van der Waals surface area contributed by atoms with Crippen LogP contribution in [0.1, 0.15) is 22.7 Å². The molecule has 0 bridgehead atoms. The SMILES string of the molecule is Cc1noc(C)c1CN1CCN(Cc2cc(=O)n(C)c(=O)n2C)CC1. The first-order valence-electron chi connectivity index (χ1n) is 8.49. The highest BCUT2D eigenvalue weighted by Gasteiger charge is 2.21. The minimum Gasteiger partial charge on any atom is -0.361 e. The van der Waals surface area contributed by atoms with Crippen molar-refractivity contribution in [2.75, 3.05) is 26.2 Å². The van der Waals surface area contributed by atoms with E-state index in [-0.39, 0.29) is 11.2 Å². The van der Waals surface area contributed by atoms with Gasteiger partial charge in [0, 0.05) is 70.7 Å². The second-order valence-corrected chi connectivity index (χ2v) is 6.73. The van der Waals surface area contributed by atoms with Crippen molar-refractivity contribution in [2.24, 2.45) is 14.1 Å². The second-order valence-electron chi connectivity index (χ2n) is 6.73. The van der Waals surface area contributed by atoms with Crippen LogP contribution >= 0.6 is 0 Å². The quantitative estimate of drug-likeness (QED) is 0.775. The molecule has 0 spiro atoms. The summed E-state index contributed by atoms with van der Waals surface area (Å²) >= 11 is 0. The summed E-state index contributed by atoms with van der Waals surface area (Å²) in [6.07, 6.45) is 0. The van der Waals surface area contributed by atoms with Crippen LogP contribution in [0.4, 0.5) is 0 Å². The van der Waals surface area contributed by atoms with E-state index in [2.05, 4.69) is 15.0 Å². The van der Waals surface area contributed by atoms with Gasteiger partial charge in [0.1, 0.15) is 5.76 Å². The molecule has 0 amide bonds. The number of piperazine rings is 1. The Balaban J connectivity index is 1.62. The summed E-state index contributed by atoms with van der Waals surface area (Å²) in [5.41, 5.74) is 2.35. The van der Waals surface area contributed by atoms with Gasteiger partial charge < -0.3 is 4.52 Å². The highest BCUT2D eigenvalue weighted by Crippen LogP contribution is 2.16. The summed E-state index contributed by atoms with van der Waals surface area (Å²) in [5, 5.41) is 4.01. The lowest BCUT2D eigenvalue weighted by atomic mass is 10.1. The second kappa shape index (κ2) is 6.97. The van der Waals surface area contributed by atoms with E-state index in [0.717, 1.165) is 54.4 Å². The van der Waals surface area contributed by atoms with Crippen LogP contribution in [0.5, 0.6) is 0 Å². The maximum atomic E-state index is 12.0. The number of rotatable bonds is 4. The van der Waals surface area contributed by atoms with E-state index in [1.54, 1.807) is 17.7 Å². The monoisotopic (exact) mass is 347 g/mol. The summed E-state index contributed by atoms with van der Waals surface area (Å²) in [6, 6.07) is 1.55. The number of hydrogen-bond acceptors (Lipinski definition) is 6. The third-order valence-electron chi connectivity index (χ3n) is 5.04. The van der Waals surface area contributed by atoms with Crippen LogP contribution < -0.4 is 11.2 Å². The normalized spacial score (nSPS) is 16.5. The molecule has 0 unspecified atom stereocenters. The Morgan fingerprint density at radius 2 is 1.60 bits per heavy atom. The molecule has 3 heterocycles. The molecule has 0 saturated carbocycles. The molecule has 0 radical (unpaired) electrons. The number of aromatic nitrogens is 3. The van der Waals surface area contributed by atoms with E-state index in [0.29, 0.717) is 6.54 Å². The van der Waals surface area contributed by atoms with Gasteiger partial charge in [0.2, 0.25) is 0 Å². The minimum absolute atomic E-state index is 0.254. The van der Waals surface area contributed by atoms with Gasteiger partial charge in [-0.05, 0) is 13.8 Å². The van der Waals surface area contributed by atoms with Gasteiger partial charge in [0.05, 0.1) is 5.69 Å². The molecule has 2 aromatic heterocycles. The summed E-state index contributed by atoms with van der Waals surface area (Å²) in [5.74, 6) is 0.884. The van der Waals surface area contributed by atoms with Gasteiger partial charge in [-0.1, -0.05) is 5.16 Å². The first kappa shape index (κ1) is 17.6. The fourth-order valence-electron chi connectivity index (χ4n) is 3.22. The minimum atomic E-state index is -0.278. The van der Waals surface area contributed by atoms with Crippen molar-refractivity contribution in [3.8, 4) is 0 Å². The zero-order chi connectivity index (χ0) is 18.1. The van der Waals surface area contributed by atoms with Gasteiger partial charge in [-0.25, -0.2) is 4.79 Å². The number of hydrogen-bond donors (Lipinski definition) is 0. The molecule has 3 rings (SSSR count). The van der Waals surface area contributed by atoms with Gasteiger partial charge in [-0.2, -0.15) is 0 Å². The summed E-state index contributed by atoms with van der Waals surface area (Å²) in [4.78, 5) is 28.5. The van der Waals surface area contributed by atoms with Gasteiger partial charge in [0.25, 0.3) is 5.56 Å². The zero-order valence-corrected chi connectivity index (χ0v) is 15.3. The van der Waals surface area contributed by atoms with Crippen LogP contribution in [-0.2, 0) is 27.2 Å². The Morgan fingerprint density at radius 1 is 1.00 bits per heavy atom. The average Bonchev–Trinajstić information content (AvgIpc) is 2.91. The third kappa shape index (κ3) is 3.59. The topological polar surface area (TPSA) is 76.5 Å². The highest BCUT2D eigenvalue weighted by molar-refractivity contribution is 5.20. The summed E-state index contributed by atoms with van der Waals surface area (Å²) in [7, 11) is 3.22. The molecule has 1 fully saturated rings. The van der Waals surface area contributed by atoms with Crippen LogP contribution in [0.2, 0.25) is 0 Å². The lowest BCUT2D eigenvalue weighted by Gasteiger charge is -2.34. The van der Waals surface area contributed by atoms with Crippen molar-refractivity contribution in [3.05, 3.63) is 49.6 Å². The predicted molar refractivity (Wildman–Crippen MR) is 93.5 cm³/mol. The Kier molecular flexibility index (Phi) is 4.91. The summed E-state index contributed by atoms with van der Waals surface area (Å²) < 4.78 is 7.91. The maximum absolute atomic E-state index is 12.0. The molecule has 136 valence electrons. The van der Waals surface area contributed by atoms with E-state index in [9.17, 15) is 9.59 Å². The van der Waals surface area contributed by atoms with E-state index in [4.69, 9.17) is 4.52 Å². The molecule has 2 aromatic rings. The Morgan fingerprint density at radius 3 is 2.16 bits per heavy atom. The maximum Gasteiger partial charge on any atom is 0.330 e. The Bertz CT molecular complexity index is 852. The molecular formula is C17H25N5O3. The predicted octanol–water partition coefficient (Wildman–Crippen LogP) is 0.00664. The van der Waals surface area contributed by atoms with E-state index < -0.39 is 0 Å². The standard InChI is InChI=1S/C17H25N5O3/c1-12-15(13(2)25-18-12)11-22-7-5-21(6-8-22)10-14-9-16(23)20(4)17(24)19(14)3/h9H,5-8,10-11H2,1-4H3. The summed E-state index contributed by atoms with van der Waals surface area (Å²) in [6.45, 7) is 9.03. The Labute approximate surface area is 146 Å². The van der Waals surface area contributed by atoms with Gasteiger partial charge in [-0.3, -0.25) is 23.7 Å². The molecule has 0 atom stereocenters. The molecule has 1 saturated heterocycles. The molecule has 25 heavy (non-hydrogen) atoms. The van der Waals surface area contributed by atoms with E-state index >= 15 is 0 Å². The Hall–Kier alpha value is -2.19. The molecular weight excluding hydrogens is 322 g/mol. The molecule has 0 aromatic carbocycles. The van der Waals surface area contributed by atoms with Crippen molar-refractivity contribution >= 4 is 0 Å². The molecule has 0 aliphatic carbocycles. The van der Waals surface area contributed by atoms with Crippen molar-refractivity contribution in [3.63, 3.8) is 0 Å². The largest absolute Gasteiger partial charge is 0.361 e. The molecule has 8 nitrogen and oxygen atoms in total. The molecule has 8 heteroatoms. The highest BCUT2D eigenvalue weighted by atomic mass is 16.5. The van der Waals surface area contributed by atoms with Gasteiger partial charge in [0.15, 0.2) is 0 Å². The fourth-order valence-corrected chi connectivity index (χ4v) is 3.22. The lowest BCUT2D eigenvalue weighted by molar-refractivity contribution is 0.119. The first-order valence-corrected chi connectivity index (χ1v) is 8.49. The lowest BCUT2D eigenvalue weighted by Crippen LogP contribution is -2.46. The van der Waals surface area contributed by atoms with Crippen LogP contribution in [0.3, 0.4) is 0 Å². The molecule has 1 aliphatic rings. The van der Waals surface area contributed by atoms with E-state index in [1.165, 1.54) is 12.6 Å². The third-order valence-corrected chi connectivity index (χ3v) is 5.04. The first-order chi connectivity index (χ1) is 11.9. The van der Waals surface area contributed by atoms with Crippen molar-refractivity contribution < 1.29 is 4.52 Å². The fraction of sp³-hybridized carbons (Fsp3) is 0.588. The van der Waals surface area contributed by atoms with Gasteiger partial charge >= 0.3 is 5.69 Å². The van der Waals surface area contributed by atoms with Crippen LogP contribution in [0, 0.1) is 13.8 Å². The number of nitrogens with zero attached hydrogens (tertiary/aromatic N) is 5. The van der Waals surface area contributed by atoms with Crippen LogP contribution in [0.25, 0.3) is 0 Å². The van der Waals surface area contributed by atoms with E-state index in [1.807, 2.05) is 13.8 Å². The average molecular weight is 347 g/mol. The smallest absolute Gasteiger partial charge is 0.330 e.